The van der Waals surface area contributed by atoms with Gasteiger partial charge in [0.15, 0.2) is 0 Å². The molecule has 3 N–H and O–H groups in total. The minimum absolute atomic E-state index is 0.0572. The van der Waals surface area contributed by atoms with E-state index in [1.165, 1.54) is 22.9 Å². The molecule has 0 saturated carbocycles. The lowest BCUT2D eigenvalue weighted by atomic mass is 10.2. The lowest BCUT2D eigenvalue weighted by Crippen LogP contribution is -2.14. The van der Waals surface area contributed by atoms with E-state index in [2.05, 4.69) is 10.4 Å². The monoisotopic (exact) mass is 328 g/mol. The van der Waals surface area contributed by atoms with E-state index < -0.39 is 10.0 Å². The number of carbonyl (C=O) groups is 1. The Morgan fingerprint density at radius 3 is 2.57 bits per heavy atom. The average Bonchev–Trinajstić information content (AvgIpc) is 2.67. The molecule has 2 aromatic rings. The highest BCUT2D eigenvalue weighted by atomic mass is 35.5. The molecule has 7 nitrogen and oxygen atoms in total. The summed E-state index contributed by atoms with van der Waals surface area (Å²) in [7, 11) is -2.18. The first-order chi connectivity index (χ1) is 9.68. The Balaban J connectivity index is 2.27. The van der Waals surface area contributed by atoms with Gasteiger partial charge in [0.2, 0.25) is 10.0 Å². The van der Waals surface area contributed by atoms with Crippen molar-refractivity contribution in [3.63, 3.8) is 0 Å². The molecule has 0 saturated heterocycles. The van der Waals surface area contributed by atoms with Gasteiger partial charge >= 0.3 is 0 Å². The van der Waals surface area contributed by atoms with Crippen LogP contribution in [-0.4, -0.2) is 24.1 Å². The summed E-state index contributed by atoms with van der Waals surface area (Å²) in [5, 5.41) is 11.6. The van der Waals surface area contributed by atoms with Crippen molar-refractivity contribution in [1.82, 2.24) is 9.78 Å². The highest BCUT2D eigenvalue weighted by Crippen LogP contribution is 2.24. The first-order valence-electron chi connectivity index (χ1n) is 5.82. The second kappa shape index (κ2) is 5.47. The van der Waals surface area contributed by atoms with Crippen LogP contribution in [0.5, 0.6) is 0 Å². The van der Waals surface area contributed by atoms with Crippen LogP contribution in [0.25, 0.3) is 0 Å². The van der Waals surface area contributed by atoms with Crippen LogP contribution in [0.1, 0.15) is 16.1 Å². The quantitative estimate of drug-likeness (QED) is 0.884. The van der Waals surface area contributed by atoms with Crippen LogP contribution in [0.3, 0.4) is 0 Å². The predicted molar refractivity (Wildman–Crippen MR) is 78.7 cm³/mol. The van der Waals surface area contributed by atoms with Gasteiger partial charge in [0.25, 0.3) is 5.91 Å². The zero-order chi connectivity index (χ0) is 15.8. The Kier molecular flexibility index (Phi) is 4.04. The Hall–Kier alpha value is -1.90. The first kappa shape index (κ1) is 15.5. The van der Waals surface area contributed by atoms with Crippen LogP contribution in [-0.2, 0) is 17.1 Å². The van der Waals surface area contributed by atoms with Gasteiger partial charge in [0.1, 0.15) is 4.90 Å². The zero-order valence-electron chi connectivity index (χ0n) is 11.3. The van der Waals surface area contributed by atoms with Crippen LogP contribution in [0, 0.1) is 6.92 Å². The standard InChI is InChI=1S/C12H13ClN4O3S/c1-7-9(6-17(2)16-7)12(18)15-8-3-4-11(10(13)5-8)21(14,19)20/h3-6H,1-2H3,(H,15,18)(H2,14,19,20). The molecule has 9 heteroatoms. The van der Waals surface area contributed by atoms with Crippen molar-refractivity contribution in [3.8, 4) is 0 Å². The fourth-order valence-electron chi connectivity index (χ4n) is 1.83. The van der Waals surface area contributed by atoms with Gasteiger partial charge in [-0.2, -0.15) is 5.10 Å². The van der Waals surface area contributed by atoms with E-state index >= 15 is 0 Å². The van der Waals surface area contributed by atoms with Gasteiger partial charge in [-0.15, -0.1) is 0 Å². The van der Waals surface area contributed by atoms with E-state index in [0.717, 1.165) is 0 Å². The van der Waals surface area contributed by atoms with E-state index in [-0.39, 0.29) is 15.8 Å². The molecule has 1 heterocycles. The van der Waals surface area contributed by atoms with Crippen LogP contribution < -0.4 is 10.5 Å². The van der Waals surface area contributed by atoms with Crippen molar-refractivity contribution in [2.45, 2.75) is 11.8 Å². The number of anilines is 1. The van der Waals surface area contributed by atoms with Gasteiger partial charge < -0.3 is 5.32 Å². The maximum absolute atomic E-state index is 12.1. The molecule has 2 rings (SSSR count). The van der Waals surface area contributed by atoms with E-state index in [9.17, 15) is 13.2 Å². The van der Waals surface area contributed by atoms with E-state index in [0.29, 0.717) is 16.9 Å². The second-order valence-corrected chi connectivity index (χ2v) is 6.38. The van der Waals surface area contributed by atoms with Crippen molar-refractivity contribution in [2.75, 3.05) is 5.32 Å². The summed E-state index contributed by atoms with van der Waals surface area (Å²) in [5.74, 6) is -0.361. The number of amides is 1. The average molecular weight is 329 g/mol. The van der Waals surface area contributed by atoms with Crippen LogP contribution in [0.15, 0.2) is 29.3 Å². The maximum atomic E-state index is 12.1. The summed E-state index contributed by atoms with van der Waals surface area (Å²) >= 11 is 5.85. The number of sulfonamides is 1. The third kappa shape index (κ3) is 3.41. The molecule has 0 radical (unpaired) electrons. The number of hydrogen-bond donors (Lipinski definition) is 2. The molecule has 0 aliphatic heterocycles. The smallest absolute Gasteiger partial charge is 0.259 e. The number of benzene rings is 1. The molecule has 1 amide bonds. The topological polar surface area (TPSA) is 107 Å². The molecule has 0 unspecified atom stereocenters. The number of nitrogens with zero attached hydrogens (tertiary/aromatic N) is 2. The number of aromatic nitrogens is 2. The first-order valence-corrected chi connectivity index (χ1v) is 7.75. The summed E-state index contributed by atoms with van der Waals surface area (Å²) < 4.78 is 24.0. The Morgan fingerprint density at radius 2 is 2.10 bits per heavy atom. The summed E-state index contributed by atoms with van der Waals surface area (Å²) in [6.07, 6.45) is 1.59. The largest absolute Gasteiger partial charge is 0.322 e. The van der Waals surface area contributed by atoms with Crippen LogP contribution in [0.4, 0.5) is 5.69 Å². The normalized spacial score (nSPS) is 11.4. The number of aryl methyl sites for hydroxylation is 2. The summed E-state index contributed by atoms with van der Waals surface area (Å²) in [5.41, 5.74) is 1.37. The van der Waals surface area contributed by atoms with Gasteiger partial charge in [-0.3, -0.25) is 9.48 Å². The zero-order valence-corrected chi connectivity index (χ0v) is 12.9. The molecule has 0 aliphatic rings. The minimum atomic E-state index is -3.89. The Bertz CT molecular complexity index is 814. The number of rotatable bonds is 3. The number of hydrogen-bond acceptors (Lipinski definition) is 4. The highest BCUT2D eigenvalue weighted by molar-refractivity contribution is 7.89. The van der Waals surface area contributed by atoms with Crippen LogP contribution in [0.2, 0.25) is 5.02 Å². The predicted octanol–water partition coefficient (Wildman–Crippen LogP) is 1.28. The van der Waals surface area contributed by atoms with E-state index in [1.54, 1.807) is 20.2 Å². The lowest BCUT2D eigenvalue weighted by molar-refractivity contribution is 0.102. The molecule has 112 valence electrons. The highest BCUT2D eigenvalue weighted by Gasteiger charge is 2.16. The van der Waals surface area contributed by atoms with Crippen molar-refractivity contribution >= 4 is 33.2 Å². The van der Waals surface area contributed by atoms with Crippen molar-refractivity contribution in [3.05, 3.63) is 40.7 Å². The fraction of sp³-hybridized carbons (Fsp3) is 0.167. The summed E-state index contributed by atoms with van der Waals surface area (Å²) in [6.45, 7) is 1.71. The molecule has 0 aliphatic carbocycles. The Morgan fingerprint density at radius 1 is 1.43 bits per heavy atom. The number of nitrogens with two attached hydrogens (primary N) is 1. The van der Waals surface area contributed by atoms with E-state index in [4.69, 9.17) is 16.7 Å². The minimum Gasteiger partial charge on any atom is -0.322 e. The van der Waals surface area contributed by atoms with E-state index in [1.807, 2.05) is 0 Å². The third-order valence-corrected chi connectivity index (χ3v) is 4.15. The molecule has 0 spiro atoms. The van der Waals surface area contributed by atoms with Crippen LogP contribution >= 0.6 is 11.6 Å². The SMILES string of the molecule is Cc1nn(C)cc1C(=O)Nc1ccc(S(N)(=O)=O)c(Cl)c1. The molecule has 0 atom stereocenters. The van der Waals surface area contributed by atoms with Crippen molar-refractivity contribution < 1.29 is 13.2 Å². The molecule has 21 heavy (non-hydrogen) atoms. The third-order valence-electron chi connectivity index (χ3n) is 2.75. The van der Waals surface area contributed by atoms with Gasteiger partial charge in [-0.05, 0) is 25.1 Å². The molecule has 1 aromatic heterocycles. The summed E-state index contributed by atoms with van der Waals surface area (Å²) in [6, 6.07) is 3.98. The number of primary sulfonamides is 1. The molecule has 0 fully saturated rings. The van der Waals surface area contributed by atoms with Gasteiger partial charge in [-0.1, -0.05) is 11.6 Å². The maximum Gasteiger partial charge on any atom is 0.259 e. The molecular weight excluding hydrogens is 316 g/mol. The lowest BCUT2D eigenvalue weighted by Gasteiger charge is -2.07. The molecule has 0 bridgehead atoms. The number of carbonyl (C=O) groups excluding carboxylic acids is 1. The van der Waals surface area contributed by atoms with Gasteiger partial charge in [0.05, 0.1) is 16.3 Å². The Labute approximate surface area is 126 Å². The summed E-state index contributed by atoms with van der Waals surface area (Å²) in [4.78, 5) is 11.9. The van der Waals surface area contributed by atoms with Gasteiger partial charge in [0, 0.05) is 18.9 Å². The number of halogens is 1. The van der Waals surface area contributed by atoms with Gasteiger partial charge in [-0.25, -0.2) is 13.6 Å². The molecule has 1 aromatic carbocycles. The number of nitrogens with one attached hydrogen (secondary N) is 1. The fourth-order valence-corrected chi connectivity index (χ4v) is 2.92. The second-order valence-electron chi connectivity index (χ2n) is 4.45. The molecular formula is C12H13ClN4O3S. The van der Waals surface area contributed by atoms with Crippen molar-refractivity contribution in [2.24, 2.45) is 12.2 Å². The van der Waals surface area contributed by atoms with Crippen molar-refractivity contribution in [1.29, 1.82) is 0 Å².